The normalized spacial score (nSPS) is 11.7. The maximum absolute atomic E-state index is 9.50. The Hall–Kier alpha value is -4.12. The lowest BCUT2D eigenvalue weighted by molar-refractivity contribution is 0.324. The molecule has 2 aromatic carbocycles. The molecule has 32 heavy (non-hydrogen) atoms. The Morgan fingerprint density at radius 3 is 2.38 bits per heavy atom. The standard InChI is InChI=1S/C24H25N5O3/c1-15(10-16-8-6-5-7-9-16)27-24-21(28-23-18(13-25)14-26-29(23)24)17-11-19(30-2)22(32-4)20(12-17)31-3/h5-9,11-12,14-15,26-27H,10H2,1-4H3. The molecule has 1 unspecified atom stereocenters. The van der Waals surface area contributed by atoms with Gasteiger partial charge < -0.3 is 19.5 Å². The molecule has 2 heterocycles. The summed E-state index contributed by atoms with van der Waals surface area (Å²) in [6.07, 6.45) is 2.48. The predicted octanol–water partition coefficient (Wildman–Crippen LogP) is 4.27. The maximum atomic E-state index is 9.50. The van der Waals surface area contributed by atoms with Gasteiger partial charge in [-0.25, -0.2) is 9.50 Å². The minimum atomic E-state index is 0.104. The number of aromatic nitrogens is 3. The van der Waals surface area contributed by atoms with Gasteiger partial charge in [-0.05, 0) is 31.0 Å². The number of nitriles is 1. The Bertz CT molecular complexity index is 1250. The molecule has 4 aromatic rings. The number of benzene rings is 2. The Labute approximate surface area is 186 Å². The topological polar surface area (TPSA) is 96.6 Å². The van der Waals surface area contributed by atoms with Gasteiger partial charge in [-0.2, -0.15) is 5.26 Å². The van der Waals surface area contributed by atoms with Crippen molar-refractivity contribution in [3.05, 3.63) is 59.8 Å². The smallest absolute Gasteiger partial charge is 0.203 e. The summed E-state index contributed by atoms with van der Waals surface area (Å²) in [5.74, 6) is 2.32. The lowest BCUT2D eigenvalue weighted by Gasteiger charge is -2.17. The summed E-state index contributed by atoms with van der Waals surface area (Å²) in [4.78, 5) is 4.77. The average Bonchev–Trinajstić information content (AvgIpc) is 3.38. The molecule has 2 N–H and O–H groups in total. The molecule has 0 saturated heterocycles. The Balaban J connectivity index is 1.81. The van der Waals surface area contributed by atoms with Crippen LogP contribution in [0.2, 0.25) is 0 Å². The highest BCUT2D eigenvalue weighted by atomic mass is 16.5. The van der Waals surface area contributed by atoms with Crippen molar-refractivity contribution in [2.75, 3.05) is 26.6 Å². The molecular formula is C24H25N5O3. The van der Waals surface area contributed by atoms with E-state index in [0.717, 1.165) is 17.8 Å². The number of ether oxygens (including phenoxy) is 3. The van der Waals surface area contributed by atoms with Crippen LogP contribution in [-0.2, 0) is 6.42 Å². The third-order valence-electron chi connectivity index (χ3n) is 5.28. The molecular weight excluding hydrogens is 406 g/mol. The summed E-state index contributed by atoms with van der Waals surface area (Å²) in [5, 5.41) is 16.2. The van der Waals surface area contributed by atoms with E-state index < -0.39 is 0 Å². The number of nitrogens with one attached hydrogen (secondary N) is 2. The second-order valence-electron chi connectivity index (χ2n) is 7.42. The van der Waals surface area contributed by atoms with Crippen molar-refractivity contribution in [1.82, 2.24) is 14.6 Å². The maximum Gasteiger partial charge on any atom is 0.203 e. The van der Waals surface area contributed by atoms with E-state index >= 15 is 0 Å². The van der Waals surface area contributed by atoms with Crippen molar-refractivity contribution in [2.24, 2.45) is 0 Å². The number of rotatable bonds is 8. The molecule has 0 radical (unpaired) electrons. The van der Waals surface area contributed by atoms with E-state index in [9.17, 15) is 5.26 Å². The van der Waals surface area contributed by atoms with Gasteiger partial charge in [0.25, 0.3) is 0 Å². The van der Waals surface area contributed by atoms with E-state index in [0.29, 0.717) is 34.2 Å². The van der Waals surface area contributed by atoms with Gasteiger partial charge in [-0.15, -0.1) is 0 Å². The molecule has 0 spiro atoms. The quantitative estimate of drug-likeness (QED) is 0.432. The first-order valence-electron chi connectivity index (χ1n) is 10.2. The first-order chi connectivity index (χ1) is 15.6. The zero-order chi connectivity index (χ0) is 22.7. The molecule has 1 atom stereocenters. The number of fused-ring (bicyclic) bond motifs is 1. The number of aromatic amines is 1. The molecule has 0 amide bonds. The number of anilines is 1. The van der Waals surface area contributed by atoms with Gasteiger partial charge in [0.1, 0.15) is 17.3 Å². The van der Waals surface area contributed by atoms with Crippen molar-refractivity contribution in [2.45, 2.75) is 19.4 Å². The van der Waals surface area contributed by atoms with Crippen molar-refractivity contribution in [1.29, 1.82) is 5.26 Å². The second kappa shape index (κ2) is 8.94. The van der Waals surface area contributed by atoms with Gasteiger partial charge in [-0.1, -0.05) is 30.3 Å². The minimum absolute atomic E-state index is 0.104. The summed E-state index contributed by atoms with van der Waals surface area (Å²) in [6, 6.07) is 16.3. The van der Waals surface area contributed by atoms with Crippen LogP contribution in [0.25, 0.3) is 16.9 Å². The minimum Gasteiger partial charge on any atom is -0.493 e. The van der Waals surface area contributed by atoms with Crippen molar-refractivity contribution in [3.63, 3.8) is 0 Å². The molecule has 0 aliphatic rings. The number of hydrogen-bond donors (Lipinski definition) is 2. The summed E-state index contributed by atoms with van der Waals surface area (Å²) < 4.78 is 18.3. The Morgan fingerprint density at radius 1 is 1.09 bits per heavy atom. The molecule has 0 aliphatic carbocycles. The lowest BCUT2D eigenvalue weighted by atomic mass is 10.1. The van der Waals surface area contributed by atoms with E-state index in [1.807, 2.05) is 30.3 Å². The van der Waals surface area contributed by atoms with Crippen LogP contribution in [-0.4, -0.2) is 42.0 Å². The third kappa shape index (κ3) is 3.81. The van der Waals surface area contributed by atoms with Gasteiger partial charge >= 0.3 is 0 Å². The van der Waals surface area contributed by atoms with Crippen LogP contribution < -0.4 is 19.5 Å². The van der Waals surface area contributed by atoms with Gasteiger partial charge in [0.2, 0.25) is 5.75 Å². The third-order valence-corrected chi connectivity index (χ3v) is 5.28. The highest BCUT2D eigenvalue weighted by molar-refractivity contribution is 5.81. The fraction of sp³-hybridized carbons (Fsp3) is 0.250. The average molecular weight is 431 g/mol. The zero-order valence-corrected chi connectivity index (χ0v) is 18.5. The lowest BCUT2D eigenvalue weighted by Crippen LogP contribution is -2.19. The van der Waals surface area contributed by atoms with Gasteiger partial charge in [0.05, 0.1) is 21.3 Å². The van der Waals surface area contributed by atoms with Crippen molar-refractivity contribution in [3.8, 4) is 34.6 Å². The van der Waals surface area contributed by atoms with Crippen LogP contribution in [0.3, 0.4) is 0 Å². The fourth-order valence-electron chi connectivity index (χ4n) is 3.81. The summed E-state index contributed by atoms with van der Waals surface area (Å²) in [7, 11) is 4.72. The Kier molecular flexibility index (Phi) is 5.90. The van der Waals surface area contributed by atoms with Crippen LogP contribution >= 0.6 is 0 Å². The van der Waals surface area contributed by atoms with Crippen LogP contribution in [0.4, 0.5) is 5.82 Å². The van der Waals surface area contributed by atoms with Gasteiger partial charge in [0, 0.05) is 17.8 Å². The molecule has 0 aliphatic heterocycles. The highest BCUT2D eigenvalue weighted by Crippen LogP contribution is 2.42. The van der Waals surface area contributed by atoms with Crippen molar-refractivity contribution >= 4 is 11.5 Å². The van der Waals surface area contributed by atoms with Crippen LogP contribution in [0.1, 0.15) is 18.1 Å². The van der Waals surface area contributed by atoms with Gasteiger partial charge in [0.15, 0.2) is 23.0 Å². The summed E-state index contributed by atoms with van der Waals surface area (Å²) in [6.45, 7) is 2.11. The number of imidazole rings is 1. The zero-order valence-electron chi connectivity index (χ0n) is 18.5. The Morgan fingerprint density at radius 2 is 1.78 bits per heavy atom. The van der Waals surface area contributed by atoms with E-state index in [2.05, 4.69) is 35.5 Å². The first kappa shape index (κ1) is 21.1. The monoisotopic (exact) mass is 431 g/mol. The van der Waals surface area contributed by atoms with Crippen LogP contribution in [0.15, 0.2) is 48.7 Å². The number of hydrogen-bond acceptors (Lipinski definition) is 6. The first-order valence-corrected chi connectivity index (χ1v) is 10.2. The van der Waals surface area contributed by atoms with E-state index in [-0.39, 0.29) is 6.04 Å². The SMILES string of the molecule is COc1cc(-c2nc3c(C#N)c[nH]n3c2NC(C)Cc2ccccc2)cc(OC)c1OC. The molecule has 0 fully saturated rings. The number of H-pyrrole nitrogens is 1. The molecule has 0 saturated carbocycles. The summed E-state index contributed by atoms with van der Waals surface area (Å²) in [5.41, 5.74) is 3.68. The van der Waals surface area contributed by atoms with Crippen LogP contribution in [0.5, 0.6) is 17.2 Å². The molecule has 0 bridgehead atoms. The second-order valence-corrected chi connectivity index (χ2v) is 7.42. The van der Waals surface area contributed by atoms with Crippen molar-refractivity contribution < 1.29 is 14.2 Å². The largest absolute Gasteiger partial charge is 0.493 e. The van der Waals surface area contributed by atoms with E-state index in [4.69, 9.17) is 19.2 Å². The van der Waals surface area contributed by atoms with E-state index in [1.54, 1.807) is 32.0 Å². The number of methoxy groups -OCH3 is 3. The number of nitrogens with zero attached hydrogens (tertiary/aromatic N) is 3. The molecule has 8 nitrogen and oxygen atoms in total. The predicted molar refractivity (Wildman–Crippen MR) is 123 cm³/mol. The van der Waals surface area contributed by atoms with E-state index in [1.165, 1.54) is 5.56 Å². The fourth-order valence-corrected chi connectivity index (χ4v) is 3.81. The molecule has 4 rings (SSSR count). The molecule has 8 heteroatoms. The summed E-state index contributed by atoms with van der Waals surface area (Å²) >= 11 is 0. The highest BCUT2D eigenvalue weighted by Gasteiger charge is 2.22. The van der Waals surface area contributed by atoms with Crippen LogP contribution in [0, 0.1) is 11.3 Å². The molecule has 2 aromatic heterocycles. The van der Waals surface area contributed by atoms with Gasteiger partial charge in [-0.3, -0.25) is 5.10 Å². The molecule has 164 valence electrons.